The van der Waals surface area contributed by atoms with E-state index >= 15 is 0 Å². The molecule has 444 valence electrons. The molecule has 4 aromatic carbocycles. The van der Waals surface area contributed by atoms with Gasteiger partial charge in [-0.15, -0.1) is 0 Å². The van der Waals surface area contributed by atoms with Crippen LogP contribution in [-0.2, 0) is 41.8 Å². The highest BCUT2D eigenvalue weighted by atomic mass is 32.1. The minimum Gasteiger partial charge on any atom is -0.342 e. The summed E-state index contributed by atoms with van der Waals surface area (Å²) in [6.45, 7) is 7.18. The van der Waals surface area contributed by atoms with Gasteiger partial charge in [0.15, 0.2) is 11.6 Å². The van der Waals surface area contributed by atoms with Gasteiger partial charge in [-0.1, -0.05) is 56.4 Å². The van der Waals surface area contributed by atoms with E-state index in [-0.39, 0.29) is 23.4 Å². The number of ketones is 2. The molecule has 0 spiro atoms. The normalized spacial score (nSPS) is 17.0. The van der Waals surface area contributed by atoms with E-state index in [9.17, 15) is 19.2 Å². The summed E-state index contributed by atoms with van der Waals surface area (Å²) in [5.74, 6) is 2.15. The molecule has 10 aromatic rings. The first-order valence-corrected chi connectivity index (χ1v) is 32.1. The van der Waals surface area contributed by atoms with Crippen LogP contribution >= 0.6 is 11.3 Å². The lowest BCUT2D eigenvalue weighted by molar-refractivity contribution is -0.114. The van der Waals surface area contributed by atoms with Crippen LogP contribution in [0, 0.1) is 6.92 Å². The maximum absolute atomic E-state index is 14.0. The average molecular weight is 1180 g/mol. The highest BCUT2D eigenvalue weighted by Crippen LogP contribution is 2.47. The standard InChI is InChI=1S/C37H40N4O2S.C35H36N6O2/c1-23(25(3)42)19-26-11-13-31-33(20-26)40(4)36(38-31)37(16-8-17-37)39-35(43)27-12-14-32-30(21-27)24(2)34(28-15-18-44-22-28)41(32)29-9-6-5-7-10-29;1-22(42)9-10-23-11-14-29-27(19-23)38-34(41(29)3)35(15-6-16-35)39-33(43)25-12-13-26-30(20-25)40(2)32(28-21-36-17-18-37-28)31(26)24-7-4-5-8-24/h11-15,18-22,29H,5-10,16-17H2,1-4H3,(H,39,43);9-14,17-21,24H,4-8,15-16H2,1-3H3,(H,39,43)/b23-19+;10-9+. The third-order valence-corrected chi connectivity index (χ3v) is 20.2. The Bertz CT molecular complexity index is 4400. The molecular formula is C72H76N10O4S. The molecule has 87 heavy (non-hydrogen) atoms. The van der Waals surface area contributed by atoms with Gasteiger partial charge >= 0.3 is 0 Å². The number of carbonyl (C=O) groups excluding carboxylic acids is 4. The number of imidazole rings is 2. The second kappa shape index (κ2) is 23.3. The SMILES string of the molecule is CC(=O)/C(C)=C/c1ccc2nc(C3(NC(=O)c4ccc5c(c4)c(C)c(-c4ccsc4)n5C4CCCCC4)CCC3)n(C)c2c1.CC(=O)/C=C/c1ccc2c(c1)nc(C1(NC(=O)c3ccc4c(C5CCCC5)c(-c5cnccn5)n(C)c4c3)CCC1)n2C. The number of amides is 2. The van der Waals surface area contributed by atoms with Crippen LogP contribution in [0.4, 0.5) is 0 Å². The third-order valence-electron chi connectivity index (χ3n) is 19.6. The molecule has 14 nitrogen and oxygen atoms in total. The fourth-order valence-electron chi connectivity index (χ4n) is 14.5. The average Bonchev–Trinajstić information content (AvgIpc) is 1.70. The predicted octanol–water partition coefficient (Wildman–Crippen LogP) is 15.5. The first-order chi connectivity index (χ1) is 42.1. The molecule has 6 heterocycles. The van der Waals surface area contributed by atoms with E-state index in [1.54, 1.807) is 36.7 Å². The van der Waals surface area contributed by atoms with Crippen molar-refractivity contribution >= 4 is 90.7 Å². The van der Waals surface area contributed by atoms with Crippen molar-refractivity contribution < 1.29 is 19.2 Å². The van der Waals surface area contributed by atoms with Gasteiger partial charge in [0.1, 0.15) is 17.3 Å². The van der Waals surface area contributed by atoms with Crippen LogP contribution in [0.2, 0.25) is 0 Å². The first-order valence-electron chi connectivity index (χ1n) is 31.1. The van der Waals surface area contributed by atoms with Gasteiger partial charge in [0, 0.05) is 83.5 Å². The Balaban J connectivity index is 0.000000161. The highest BCUT2D eigenvalue weighted by Gasteiger charge is 2.45. The zero-order valence-electron chi connectivity index (χ0n) is 51.0. The summed E-state index contributed by atoms with van der Waals surface area (Å²) >= 11 is 1.73. The predicted molar refractivity (Wildman–Crippen MR) is 349 cm³/mol. The van der Waals surface area contributed by atoms with Crippen molar-refractivity contribution in [2.75, 3.05) is 0 Å². The maximum atomic E-state index is 14.0. The van der Waals surface area contributed by atoms with Gasteiger partial charge < -0.3 is 28.9 Å². The van der Waals surface area contributed by atoms with Crippen LogP contribution in [0.25, 0.3) is 78.7 Å². The summed E-state index contributed by atoms with van der Waals surface area (Å²) in [5, 5.41) is 13.6. The number of hydrogen-bond acceptors (Lipinski definition) is 9. The van der Waals surface area contributed by atoms with E-state index in [0.29, 0.717) is 23.1 Å². The quantitative estimate of drug-likeness (QED) is 0.102. The number of nitrogens with zero attached hydrogens (tertiary/aromatic N) is 8. The summed E-state index contributed by atoms with van der Waals surface area (Å²) in [7, 11) is 6.10. The van der Waals surface area contributed by atoms with E-state index in [0.717, 1.165) is 111 Å². The van der Waals surface area contributed by atoms with Crippen LogP contribution in [-0.4, -0.2) is 61.6 Å². The number of nitrogens with one attached hydrogen (secondary N) is 2. The van der Waals surface area contributed by atoms with E-state index in [2.05, 4.69) is 93.9 Å². The highest BCUT2D eigenvalue weighted by molar-refractivity contribution is 7.08. The molecule has 4 saturated carbocycles. The third kappa shape index (κ3) is 10.5. The zero-order chi connectivity index (χ0) is 60.3. The molecule has 0 unspecified atom stereocenters. The Morgan fingerprint density at radius 3 is 1.92 bits per heavy atom. The smallest absolute Gasteiger partial charge is 0.252 e. The largest absolute Gasteiger partial charge is 0.342 e. The second-order valence-electron chi connectivity index (χ2n) is 25.1. The number of aryl methyl sites for hydroxylation is 4. The number of rotatable bonds is 14. The molecular weight excluding hydrogens is 1100 g/mol. The van der Waals surface area contributed by atoms with Gasteiger partial charge in [0.2, 0.25) is 0 Å². The minimum atomic E-state index is -0.525. The molecule has 0 saturated heterocycles. The number of Topliss-reactive ketones (excluding diaryl/α,β-unsaturated/α-hetero) is 1. The van der Waals surface area contributed by atoms with Gasteiger partial charge in [-0.3, -0.25) is 29.1 Å². The molecule has 4 aliphatic rings. The summed E-state index contributed by atoms with van der Waals surface area (Å²) < 4.78 is 8.96. The number of hydrogen-bond donors (Lipinski definition) is 2. The summed E-state index contributed by atoms with van der Waals surface area (Å²) in [6, 6.07) is 27.2. The van der Waals surface area contributed by atoms with Gasteiger partial charge in [-0.2, -0.15) is 11.3 Å². The van der Waals surface area contributed by atoms with E-state index < -0.39 is 11.1 Å². The van der Waals surface area contributed by atoms with Crippen molar-refractivity contribution in [3.63, 3.8) is 0 Å². The molecule has 4 aliphatic carbocycles. The summed E-state index contributed by atoms with van der Waals surface area (Å²) in [6.07, 6.45) is 27.1. The van der Waals surface area contributed by atoms with E-state index in [1.807, 2.05) is 87.9 Å². The van der Waals surface area contributed by atoms with Crippen LogP contribution in [0.3, 0.4) is 0 Å². The lowest BCUT2D eigenvalue weighted by Crippen LogP contribution is -2.52. The summed E-state index contributed by atoms with van der Waals surface area (Å²) in [4.78, 5) is 70.1. The van der Waals surface area contributed by atoms with Crippen molar-refractivity contribution in [3.05, 3.63) is 165 Å². The van der Waals surface area contributed by atoms with Gasteiger partial charge in [-0.25, -0.2) is 9.97 Å². The Morgan fingerprint density at radius 2 is 1.28 bits per heavy atom. The topological polar surface area (TPSA) is 164 Å². The van der Waals surface area contributed by atoms with Crippen molar-refractivity contribution in [2.45, 2.75) is 147 Å². The Morgan fingerprint density at radius 1 is 0.621 bits per heavy atom. The lowest BCUT2D eigenvalue weighted by Gasteiger charge is -2.41. The molecule has 0 aliphatic heterocycles. The Labute approximate surface area is 511 Å². The molecule has 14 rings (SSSR count). The van der Waals surface area contributed by atoms with Gasteiger partial charge in [0.25, 0.3) is 11.8 Å². The lowest BCUT2D eigenvalue weighted by atomic mass is 9.75. The molecule has 0 bridgehead atoms. The fourth-order valence-corrected chi connectivity index (χ4v) is 15.2. The summed E-state index contributed by atoms with van der Waals surface area (Å²) in [5.41, 5.74) is 16.0. The van der Waals surface area contributed by atoms with E-state index in [4.69, 9.17) is 9.97 Å². The minimum absolute atomic E-state index is 0.00574. The number of fused-ring (bicyclic) bond motifs is 4. The van der Waals surface area contributed by atoms with Crippen molar-refractivity contribution in [1.29, 1.82) is 0 Å². The molecule has 15 heteroatoms. The van der Waals surface area contributed by atoms with Gasteiger partial charge in [-0.05, 0) is 204 Å². The van der Waals surface area contributed by atoms with Crippen molar-refractivity contribution in [1.82, 2.24) is 48.8 Å². The van der Waals surface area contributed by atoms with Crippen LogP contribution < -0.4 is 10.6 Å². The molecule has 2 N–H and O–H groups in total. The van der Waals surface area contributed by atoms with Gasteiger partial charge in [0.05, 0.1) is 50.7 Å². The van der Waals surface area contributed by atoms with Crippen molar-refractivity contribution in [3.8, 4) is 22.6 Å². The van der Waals surface area contributed by atoms with Crippen LogP contribution in [0.1, 0.15) is 184 Å². The molecule has 0 atom stereocenters. The number of allylic oxidation sites excluding steroid dienone is 2. The fraction of sp³-hybridized carbons (Fsp3) is 0.361. The molecule has 4 fully saturated rings. The number of benzene rings is 4. The number of thiophene rings is 1. The first kappa shape index (κ1) is 57.5. The maximum Gasteiger partial charge on any atom is 0.252 e. The molecule has 2 amide bonds. The molecule has 0 radical (unpaired) electrons. The second-order valence-corrected chi connectivity index (χ2v) is 25.9. The Hall–Kier alpha value is -8.56. The van der Waals surface area contributed by atoms with Crippen LogP contribution in [0.15, 0.2) is 120 Å². The van der Waals surface area contributed by atoms with Crippen molar-refractivity contribution in [2.24, 2.45) is 21.1 Å². The van der Waals surface area contributed by atoms with Crippen LogP contribution in [0.5, 0.6) is 0 Å². The zero-order valence-corrected chi connectivity index (χ0v) is 51.8. The molecule has 6 aromatic heterocycles. The Kier molecular flexibility index (Phi) is 15.4. The number of aromatic nitrogens is 8. The number of carbonyl (C=O) groups is 4. The monoisotopic (exact) mass is 1180 g/mol. The van der Waals surface area contributed by atoms with E-state index in [1.165, 1.54) is 98.0 Å².